The molecular weight excluding hydrogens is 595 g/mol. The van der Waals surface area contributed by atoms with Gasteiger partial charge < -0.3 is 28.5 Å². The first-order valence-corrected chi connectivity index (χ1v) is 17.7. The summed E-state index contributed by atoms with van der Waals surface area (Å²) in [5.41, 5.74) is 1.51. The summed E-state index contributed by atoms with van der Waals surface area (Å²) in [5.74, 6) is 1.92. The van der Waals surface area contributed by atoms with Crippen LogP contribution in [0.1, 0.15) is 63.4 Å². The average Bonchev–Trinajstić information content (AvgIpc) is 3.54. The molecule has 1 aliphatic heterocycles. The van der Waals surface area contributed by atoms with Gasteiger partial charge in [0.15, 0.2) is 18.3 Å². The molecule has 244 valence electrons. The van der Waals surface area contributed by atoms with Gasteiger partial charge in [0.2, 0.25) is 6.79 Å². The summed E-state index contributed by atoms with van der Waals surface area (Å²) in [6.07, 6.45) is 0. The fourth-order valence-electron chi connectivity index (χ4n) is 6.48. The molecule has 0 aliphatic carbocycles. The number of hydrogen-bond donors (Lipinski definition) is 2. The molecule has 1 unspecified atom stereocenters. The van der Waals surface area contributed by atoms with Crippen LogP contribution in [0.25, 0.3) is 0 Å². The third-order valence-corrected chi connectivity index (χ3v) is 13.7. The second-order valence-corrected chi connectivity index (χ2v) is 17.7. The summed E-state index contributed by atoms with van der Waals surface area (Å²) in [6, 6.07) is 32.3. The van der Waals surface area contributed by atoms with Crippen molar-refractivity contribution >= 4 is 18.7 Å². The van der Waals surface area contributed by atoms with E-state index in [1.807, 2.05) is 69.3 Å². The Balaban J connectivity index is 1.68. The number of nitrogens with one attached hydrogen (secondary N) is 1. The molecule has 5 rings (SSSR count). The topological polar surface area (TPSA) is 78.4 Å². The Morgan fingerprint density at radius 3 is 1.89 bits per heavy atom. The van der Waals surface area contributed by atoms with E-state index in [9.17, 15) is 5.11 Å². The highest BCUT2D eigenvalue weighted by Gasteiger charge is 2.51. The zero-order chi connectivity index (χ0) is 33.0. The van der Waals surface area contributed by atoms with Crippen LogP contribution in [0.5, 0.6) is 17.2 Å². The second-order valence-electron chi connectivity index (χ2n) is 13.4. The first kappa shape index (κ1) is 33.7. The van der Waals surface area contributed by atoms with Crippen LogP contribution in [0.15, 0.2) is 97.1 Å². The highest BCUT2D eigenvalue weighted by Crippen LogP contribution is 2.47. The van der Waals surface area contributed by atoms with Crippen LogP contribution in [-0.4, -0.2) is 46.3 Å². The summed E-state index contributed by atoms with van der Waals surface area (Å²) < 4.78 is 30.9. The van der Waals surface area contributed by atoms with E-state index in [1.54, 1.807) is 7.11 Å². The molecule has 0 radical (unpaired) electrons. The lowest BCUT2D eigenvalue weighted by Gasteiger charge is -2.44. The van der Waals surface area contributed by atoms with Gasteiger partial charge in [-0.2, -0.15) is 0 Å². The number of fused-ring (bicyclic) bond motifs is 1. The van der Waals surface area contributed by atoms with Gasteiger partial charge in [-0.3, -0.25) is 5.32 Å². The second kappa shape index (κ2) is 14.0. The Morgan fingerprint density at radius 2 is 1.37 bits per heavy atom. The van der Waals surface area contributed by atoms with Crippen molar-refractivity contribution in [2.75, 3.05) is 27.3 Å². The van der Waals surface area contributed by atoms with Crippen molar-refractivity contribution in [3.8, 4) is 17.2 Å². The molecule has 4 aromatic carbocycles. The zero-order valence-corrected chi connectivity index (χ0v) is 29.0. The van der Waals surface area contributed by atoms with Gasteiger partial charge in [0.1, 0.15) is 5.75 Å². The third kappa shape index (κ3) is 6.87. The van der Waals surface area contributed by atoms with Crippen LogP contribution >= 0.6 is 0 Å². The Bertz CT molecular complexity index is 1530. The maximum absolute atomic E-state index is 11.6. The molecule has 4 aromatic rings. The zero-order valence-electron chi connectivity index (χ0n) is 28.0. The fourth-order valence-corrected chi connectivity index (χ4v) is 11.1. The summed E-state index contributed by atoms with van der Waals surface area (Å²) in [5, 5.41) is 17.5. The highest BCUT2D eigenvalue weighted by atomic mass is 28.4. The average molecular weight is 642 g/mol. The van der Waals surface area contributed by atoms with Crippen LogP contribution in [0.3, 0.4) is 0 Å². The van der Waals surface area contributed by atoms with Gasteiger partial charge in [-0.05, 0) is 47.8 Å². The molecule has 7 nitrogen and oxygen atoms in total. The molecule has 0 fully saturated rings. The maximum Gasteiger partial charge on any atom is 0.261 e. The van der Waals surface area contributed by atoms with Crippen molar-refractivity contribution < 1.29 is 28.5 Å². The van der Waals surface area contributed by atoms with E-state index in [4.69, 9.17) is 23.4 Å². The van der Waals surface area contributed by atoms with Crippen molar-refractivity contribution in [2.45, 2.75) is 64.3 Å². The normalized spacial score (nSPS) is 14.6. The summed E-state index contributed by atoms with van der Waals surface area (Å²) in [7, 11) is -1.32. The number of rotatable bonds is 13. The van der Waals surface area contributed by atoms with Crippen molar-refractivity contribution in [1.29, 1.82) is 0 Å². The monoisotopic (exact) mass is 641 g/mol. The molecule has 1 aliphatic rings. The highest BCUT2D eigenvalue weighted by molar-refractivity contribution is 6.99. The molecule has 0 saturated carbocycles. The fraction of sp³-hybridized carbons (Fsp3) is 0.368. The van der Waals surface area contributed by atoms with Crippen molar-refractivity contribution in [2.24, 2.45) is 0 Å². The molecular formula is C38H47NO6Si. The molecule has 1 heterocycles. The van der Waals surface area contributed by atoms with E-state index < -0.39 is 26.0 Å². The number of ether oxygens (including phenoxy) is 4. The number of aliphatic hydroxyl groups is 1. The van der Waals surface area contributed by atoms with Gasteiger partial charge in [0.25, 0.3) is 8.32 Å². The van der Waals surface area contributed by atoms with Crippen molar-refractivity contribution in [3.63, 3.8) is 0 Å². The molecule has 8 heteroatoms. The van der Waals surface area contributed by atoms with Gasteiger partial charge in [-0.1, -0.05) is 112 Å². The van der Waals surface area contributed by atoms with Gasteiger partial charge in [0, 0.05) is 18.2 Å². The largest absolute Gasteiger partial charge is 0.467 e. The van der Waals surface area contributed by atoms with Gasteiger partial charge in [0.05, 0.1) is 24.3 Å². The number of hydrogen-bond acceptors (Lipinski definition) is 7. The lowest BCUT2D eigenvalue weighted by molar-refractivity contribution is 0.0287. The minimum absolute atomic E-state index is 0.0902. The first-order valence-electron chi connectivity index (χ1n) is 15.8. The first-order chi connectivity index (χ1) is 22.0. The Hall–Kier alpha value is -3.66. The van der Waals surface area contributed by atoms with Crippen LogP contribution in [0, 0.1) is 6.92 Å². The molecule has 0 spiro atoms. The van der Waals surface area contributed by atoms with E-state index >= 15 is 0 Å². The third-order valence-electron chi connectivity index (χ3n) is 8.67. The maximum atomic E-state index is 11.6. The van der Waals surface area contributed by atoms with Crippen molar-refractivity contribution in [1.82, 2.24) is 5.32 Å². The van der Waals surface area contributed by atoms with Gasteiger partial charge in [-0.15, -0.1) is 0 Å². The predicted octanol–water partition coefficient (Wildman–Crippen LogP) is 6.43. The molecule has 2 N–H and O–H groups in total. The molecule has 0 aromatic heterocycles. The summed E-state index contributed by atoms with van der Waals surface area (Å²) in [6.45, 7) is 12.9. The summed E-state index contributed by atoms with van der Waals surface area (Å²) in [4.78, 5) is 0. The Morgan fingerprint density at radius 1 is 0.826 bits per heavy atom. The lowest BCUT2D eigenvalue weighted by Crippen LogP contribution is -2.67. The smallest absolute Gasteiger partial charge is 0.261 e. The molecule has 0 saturated heterocycles. The minimum atomic E-state index is -2.92. The minimum Gasteiger partial charge on any atom is -0.467 e. The number of methoxy groups -OCH3 is 1. The van der Waals surface area contributed by atoms with Crippen LogP contribution in [-0.2, 0) is 9.16 Å². The molecule has 0 amide bonds. The van der Waals surface area contributed by atoms with Crippen LogP contribution in [0.2, 0.25) is 5.04 Å². The molecule has 2 atom stereocenters. The Kier molecular flexibility index (Phi) is 10.2. The van der Waals surface area contributed by atoms with E-state index in [2.05, 4.69) is 74.6 Å². The van der Waals surface area contributed by atoms with Gasteiger partial charge >= 0.3 is 0 Å². The predicted molar refractivity (Wildman–Crippen MR) is 185 cm³/mol. The van der Waals surface area contributed by atoms with Crippen LogP contribution in [0.4, 0.5) is 0 Å². The van der Waals surface area contributed by atoms with Gasteiger partial charge in [-0.25, -0.2) is 0 Å². The van der Waals surface area contributed by atoms with E-state index in [0.29, 0.717) is 17.2 Å². The molecule has 0 bridgehead atoms. The SMILES string of the molecule is COCOc1cc(C(CO[Si](c2ccccc2)(c2ccccc2)C(C)(C)C)N[C@H](c2ccccc2)C(C)(C)O)c2c(c1C)OCO2. The van der Waals surface area contributed by atoms with E-state index in [0.717, 1.165) is 16.7 Å². The van der Waals surface area contributed by atoms with Crippen LogP contribution < -0.4 is 29.9 Å². The standard InChI is InChI=1S/C38H47NO6Si/c1-27-33(42-25-41-7)23-31(35-34(27)43-26-44-35)32(39-36(38(5,6)40)28-17-11-8-12-18-28)24-45-46(37(2,3)4,29-19-13-9-14-20-29)30-21-15-10-16-22-30/h8-23,32,36,39-40H,24-26H2,1-7H3/t32?,36-/m1/s1. The summed E-state index contributed by atoms with van der Waals surface area (Å²) >= 11 is 0. The van der Waals surface area contributed by atoms with Crippen molar-refractivity contribution in [3.05, 3.63) is 114 Å². The molecule has 46 heavy (non-hydrogen) atoms. The van der Waals surface area contributed by atoms with E-state index in [-0.39, 0.29) is 25.2 Å². The van der Waals surface area contributed by atoms with E-state index in [1.165, 1.54) is 10.4 Å². The Labute approximate surface area is 274 Å². The number of benzene rings is 4. The lowest BCUT2D eigenvalue weighted by atomic mass is 9.90. The quantitative estimate of drug-likeness (QED) is 0.129.